The van der Waals surface area contributed by atoms with Crippen LogP contribution in [-0.4, -0.2) is 140 Å². The molecule has 2 heterocycles. The molecule has 0 saturated carbocycles. The monoisotopic (exact) mass is 759 g/mol. The highest BCUT2D eigenvalue weighted by Crippen LogP contribution is 2.29. The van der Waals surface area contributed by atoms with Gasteiger partial charge in [-0.15, -0.1) is 0 Å². The molecule has 2 fully saturated rings. The molecule has 0 aromatic carbocycles. The van der Waals surface area contributed by atoms with E-state index in [-0.39, 0.29) is 6.61 Å². The van der Waals surface area contributed by atoms with Crippen LogP contribution in [0, 0.1) is 0 Å². The van der Waals surface area contributed by atoms with Crippen molar-refractivity contribution in [2.45, 2.75) is 184 Å². The largest absolute Gasteiger partial charge is 0.394 e. The number of hydrogen-bond acceptors (Lipinski definition) is 13. The first-order valence-electron chi connectivity index (χ1n) is 19.7. The summed E-state index contributed by atoms with van der Waals surface area (Å²) in [6.07, 6.45) is 13.1. The van der Waals surface area contributed by atoms with Crippen molar-refractivity contribution in [2.75, 3.05) is 19.8 Å². The summed E-state index contributed by atoms with van der Waals surface area (Å²) in [5, 5.41) is 84.7. The maximum atomic E-state index is 11.9. The first kappa shape index (κ1) is 47.4. The number of rotatable bonds is 27. The van der Waals surface area contributed by atoms with Crippen LogP contribution in [-0.2, 0) is 23.7 Å². The molecule has 9 N–H and O–H groups in total. The van der Waals surface area contributed by atoms with E-state index in [0.29, 0.717) is 6.42 Å². The van der Waals surface area contributed by atoms with Gasteiger partial charge in [-0.3, -0.25) is 4.79 Å². The van der Waals surface area contributed by atoms with E-state index in [4.69, 9.17) is 18.9 Å². The van der Waals surface area contributed by atoms with Crippen molar-refractivity contribution < 1.29 is 64.6 Å². The smallest absolute Gasteiger partial charge is 0.217 e. The summed E-state index contributed by atoms with van der Waals surface area (Å²) in [6, 6.07) is -0.935. The summed E-state index contributed by atoms with van der Waals surface area (Å²) in [5.41, 5.74) is 0. The summed E-state index contributed by atoms with van der Waals surface area (Å²) in [4.78, 5) is 11.9. The number of carbonyl (C=O) groups is 1. The van der Waals surface area contributed by atoms with Gasteiger partial charge in [0, 0.05) is 6.92 Å². The molecule has 14 heteroatoms. The molecule has 53 heavy (non-hydrogen) atoms. The van der Waals surface area contributed by atoms with Crippen molar-refractivity contribution >= 4 is 5.91 Å². The lowest BCUT2D eigenvalue weighted by Gasteiger charge is -2.46. The molecule has 2 saturated heterocycles. The Bertz CT molecular complexity index is 1040. The maximum absolute atomic E-state index is 11.9. The minimum atomic E-state index is -1.79. The SMILES string of the molecule is CCCCCCCCCCCC/C=C/CC/C=C/CC/C=C/C(O)C(COC1OC(CO)C(OC2OC(CO)C(O)C(O)C2O)C(O)C1O)NC(C)=O. The molecule has 0 aliphatic carbocycles. The molecule has 12 unspecified atom stereocenters. The fourth-order valence-corrected chi connectivity index (χ4v) is 6.35. The number of hydrogen-bond donors (Lipinski definition) is 9. The van der Waals surface area contributed by atoms with Gasteiger partial charge in [-0.05, 0) is 38.5 Å². The van der Waals surface area contributed by atoms with Crippen LogP contribution in [0.4, 0.5) is 0 Å². The van der Waals surface area contributed by atoms with Crippen LogP contribution in [0.3, 0.4) is 0 Å². The third-order valence-electron chi connectivity index (χ3n) is 9.59. The van der Waals surface area contributed by atoms with Gasteiger partial charge in [-0.1, -0.05) is 101 Å². The van der Waals surface area contributed by atoms with Crippen molar-refractivity contribution in [3.05, 3.63) is 36.5 Å². The van der Waals surface area contributed by atoms with Crippen LogP contribution in [0.1, 0.15) is 110 Å². The van der Waals surface area contributed by atoms with E-state index in [1.54, 1.807) is 12.2 Å². The fraction of sp³-hybridized carbons (Fsp3) is 0.821. The van der Waals surface area contributed by atoms with Gasteiger partial charge in [0.1, 0.15) is 48.8 Å². The third kappa shape index (κ3) is 17.7. The van der Waals surface area contributed by atoms with E-state index < -0.39 is 92.7 Å². The van der Waals surface area contributed by atoms with Crippen molar-refractivity contribution in [1.29, 1.82) is 0 Å². The minimum absolute atomic E-state index is 0.331. The third-order valence-corrected chi connectivity index (χ3v) is 9.59. The number of allylic oxidation sites excluding steroid dienone is 5. The number of unbranched alkanes of at least 4 members (excludes halogenated alkanes) is 12. The Kier molecular flexibility index (Phi) is 24.8. The Morgan fingerprint density at radius 1 is 0.660 bits per heavy atom. The van der Waals surface area contributed by atoms with Crippen LogP contribution in [0.25, 0.3) is 0 Å². The summed E-state index contributed by atoms with van der Waals surface area (Å²) in [6.45, 7) is 1.77. The molecule has 308 valence electrons. The zero-order valence-electron chi connectivity index (χ0n) is 31.7. The Hall–Kier alpha value is -1.79. The Morgan fingerprint density at radius 2 is 1.17 bits per heavy atom. The van der Waals surface area contributed by atoms with E-state index in [2.05, 4.69) is 36.5 Å². The molecule has 1 amide bonds. The molecule has 2 aliphatic heterocycles. The first-order chi connectivity index (χ1) is 25.5. The van der Waals surface area contributed by atoms with Gasteiger partial charge in [0.25, 0.3) is 0 Å². The lowest BCUT2D eigenvalue weighted by molar-refractivity contribution is -0.359. The van der Waals surface area contributed by atoms with Gasteiger partial charge >= 0.3 is 0 Å². The quantitative estimate of drug-likeness (QED) is 0.0432. The van der Waals surface area contributed by atoms with Gasteiger partial charge in [-0.25, -0.2) is 0 Å². The molecule has 0 aromatic rings. The number of aliphatic hydroxyl groups is 8. The second kappa shape index (κ2) is 27.7. The second-order valence-corrected chi connectivity index (χ2v) is 14.1. The lowest BCUT2D eigenvalue weighted by atomic mass is 9.97. The normalized spacial score (nSPS) is 30.8. The molecule has 2 rings (SSSR count). The summed E-state index contributed by atoms with van der Waals surface area (Å²) in [7, 11) is 0. The number of nitrogens with one attached hydrogen (secondary N) is 1. The zero-order valence-corrected chi connectivity index (χ0v) is 31.7. The standard InChI is InChI=1S/C39H69NO13/c1-3-4-5-6-7-8-9-10-11-12-13-14-15-16-17-18-19-20-21-22-23-29(44)28(40-27(2)43)26-50-38-36(49)34(47)37(31(25-42)52-38)53-39-35(48)33(46)32(45)30(24-41)51-39/h14-15,18-19,22-23,28-39,41-42,44-49H,3-13,16-17,20-21,24-26H2,1-2H3,(H,40,43)/b15-14+,19-18+,23-22+. The number of carbonyl (C=O) groups excluding carboxylic acids is 1. The maximum Gasteiger partial charge on any atom is 0.217 e. The Morgan fingerprint density at radius 3 is 1.74 bits per heavy atom. The lowest BCUT2D eigenvalue weighted by Crippen LogP contribution is -2.65. The summed E-state index contributed by atoms with van der Waals surface area (Å²) < 4.78 is 22.1. The molecular formula is C39H69NO13. The van der Waals surface area contributed by atoms with Crippen LogP contribution in [0.2, 0.25) is 0 Å². The van der Waals surface area contributed by atoms with Crippen molar-refractivity contribution in [3.8, 4) is 0 Å². The topological polar surface area (TPSA) is 228 Å². The highest BCUT2D eigenvalue weighted by molar-refractivity contribution is 5.73. The molecular weight excluding hydrogens is 690 g/mol. The average Bonchev–Trinajstić information content (AvgIpc) is 3.14. The highest BCUT2D eigenvalue weighted by atomic mass is 16.7. The van der Waals surface area contributed by atoms with Gasteiger partial charge in [0.2, 0.25) is 5.91 Å². The van der Waals surface area contributed by atoms with Crippen LogP contribution < -0.4 is 5.32 Å². The Balaban J connectivity index is 1.71. The second-order valence-electron chi connectivity index (χ2n) is 14.1. The van der Waals surface area contributed by atoms with Crippen LogP contribution in [0.5, 0.6) is 0 Å². The van der Waals surface area contributed by atoms with Crippen molar-refractivity contribution in [2.24, 2.45) is 0 Å². The summed E-state index contributed by atoms with van der Waals surface area (Å²) >= 11 is 0. The molecule has 0 spiro atoms. The number of aliphatic hydroxyl groups excluding tert-OH is 8. The predicted molar refractivity (Wildman–Crippen MR) is 198 cm³/mol. The molecule has 2 aliphatic rings. The Labute approximate surface area is 315 Å². The average molecular weight is 760 g/mol. The van der Waals surface area contributed by atoms with E-state index >= 15 is 0 Å². The number of amides is 1. The minimum Gasteiger partial charge on any atom is -0.394 e. The summed E-state index contributed by atoms with van der Waals surface area (Å²) in [5.74, 6) is -0.432. The van der Waals surface area contributed by atoms with E-state index in [0.717, 1.165) is 25.7 Å². The van der Waals surface area contributed by atoms with E-state index in [1.807, 2.05) is 0 Å². The molecule has 12 atom stereocenters. The van der Waals surface area contributed by atoms with E-state index in [1.165, 1.54) is 71.1 Å². The first-order valence-corrected chi connectivity index (χ1v) is 19.7. The van der Waals surface area contributed by atoms with Gasteiger partial charge in [-0.2, -0.15) is 0 Å². The van der Waals surface area contributed by atoms with Crippen LogP contribution in [0.15, 0.2) is 36.5 Å². The predicted octanol–water partition coefficient (Wildman–Crippen LogP) is 2.03. The van der Waals surface area contributed by atoms with Gasteiger partial charge in [0.15, 0.2) is 12.6 Å². The number of ether oxygens (including phenoxy) is 4. The molecule has 0 aromatic heterocycles. The van der Waals surface area contributed by atoms with Gasteiger partial charge in [0.05, 0.1) is 32.0 Å². The molecule has 0 bridgehead atoms. The highest BCUT2D eigenvalue weighted by Gasteiger charge is 2.50. The molecule has 0 radical (unpaired) electrons. The van der Waals surface area contributed by atoms with Crippen LogP contribution >= 0.6 is 0 Å². The van der Waals surface area contributed by atoms with Crippen molar-refractivity contribution in [1.82, 2.24) is 5.32 Å². The molecule has 14 nitrogen and oxygen atoms in total. The van der Waals surface area contributed by atoms with Gasteiger partial charge < -0.3 is 65.1 Å². The van der Waals surface area contributed by atoms with Crippen molar-refractivity contribution in [3.63, 3.8) is 0 Å². The van der Waals surface area contributed by atoms with E-state index in [9.17, 15) is 45.6 Å². The zero-order chi connectivity index (χ0) is 39.0. The fourth-order valence-electron chi connectivity index (χ4n) is 6.35.